The quantitative estimate of drug-likeness (QED) is 0.614. The van der Waals surface area contributed by atoms with E-state index in [-0.39, 0.29) is 5.56 Å². The zero-order valence-electron chi connectivity index (χ0n) is 7.64. The molecule has 0 fully saturated rings. The summed E-state index contributed by atoms with van der Waals surface area (Å²) in [5.74, 6) is -1.20. The van der Waals surface area contributed by atoms with Gasteiger partial charge < -0.3 is 4.74 Å². The van der Waals surface area contributed by atoms with Crippen molar-refractivity contribution in [3.8, 4) is 0 Å². The van der Waals surface area contributed by atoms with E-state index in [9.17, 15) is 9.18 Å². The number of carbonyl (C=O) groups excluding carboxylic acids is 1. The first-order valence-corrected chi connectivity index (χ1v) is 5.73. The monoisotopic (exact) mass is 278 g/mol. The van der Waals surface area contributed by atoms with Crippen molar-refractivity contribution >= 4 is 33.7 Å². The van der Waals surface area contributed by atoms with Gasteiger partial charge in [0, 0.05) is 9.37 Å². The Morgan fingerprint density at radius 2 is 2.21 bits per heavy atom. The van der Waals surface area contributed by atoms with Gasteiger partial charge in [0.15, 0.2) is 5.82 Å². The van der Waals surface area contributed by atoms with Crippen molar-refractivity contribution in [2.45, 2.75) is 4.90 Å². The molecule has 0 spiro atoms. The van der Waals surface area contributed by atoms with Crippen molar-refractivity contribution in [1.82, 2.24) is 0 Å². The first-order valence-electron chi connectivity index (χ1n) is 3.71. The molecule has 14 heavy (non-hydrogen) atoms. The Kier molecular flexibility index (Phi) is 3.95. The smallest absolute Gasteiger partial charge is 0.340 e. The van der Waals surface area contributed by atoms with Gasteiger partial charge in [0.1, 0.15) is 0 Å². The maximum Gasteiger partial charge on any atom is 0.340 e. The lowest BCUT2D eigenvalue weighted by Crippen LogP contribution is -2.05. The molecule has 0 aromatic heterocycles. The predicted octanol–water partition coefficient (Wildman–Crippen LogP) is 3.10. The van der Waals surface area contributed by atoms with Crippen molar-refractivity contribution in [2.24, 2.45) is 0 Å². The Hall–Kier alpha value is -0.550. The van der Waals surface area contributed by atoms with E-state index < -0.39 is 11.8 Å². The van der Waals surface area contributed by atoms with Gasteiger partial charge in [-0.2, -0.15) is 0 Å². The van der Waals surface area contributed by atoms with Gasteiger partial charge in [-0.3, -0.25) is 0 Å². The van der Waals surface area contributed by atoms with Crippen LogP contribution in [0.3, 0.4) is 0 Å². The molecule has 2 nitrogen and oxygen atoms in total. The van der Waals surface area contributed by atoms with Gasteiger partial charge in [0.05, 0.1) is 12.7 Å². The van der Waals surface area contributed by atoms with Crippen molar-refractivity contribution in [3.63, 3.8) is 0 Å². The number of thioether (sulfide) groups is 1. The lowest BCUT2D eigenvalue weighted by Gasteiger charge is -2.05. The maximum atomic E-state index is 13.5. The summed E-state index contributed by atoms with van der Waals surface area (Å²) in [7, 11) is 1.22. The number of hydrogen-bond donors (Lipinski definition) is 0. The molecule has 0 heterocycles. The molecule has 76 valence electrons. The molecule has 1 rings (SSSR count). The molecule has 0 saturated carbocycles. The van der Waals surface area contributed by atoms with Gasteiger partial charge in [0.25, 0.3) is 0 Å². The summed E-state index contributed by atoms with van der Waals surface area (Å²) < 4.78 is 18.7. The Labute approximate surface area is 94.0 Å². The van der Waals surface area contributed by atoms with Crippen LogP contribution in [0.2, 0.25) is 0 Å². The number of rotatable bonds is 2. The van der Waals surface area contributed by atoms with E-state index in [4.69, 9.17) is 0 Å². The highest BCUT2D eigenvalue weighted by Gasteiger charge is 2.16. The normalized spacial score (nSPS) is 10.0. The van der Waals surface area contributed by atoms with Gasteiger partial charge >= 0.3 is 5.97 Å². The summed E-state index contributed by atoms with van der Waals surface area (Å²) in [6.45, 7) is 0. The van der Waals surface area contributed by atoms with Gasteiger partial charge in [-0.05, 0) is 18.4 Å². The summed E-state index contributed by atoms with van der Waals surface area (Å²) in [5, 5.41) is 0. The average molecular weight is 279 g/mol. The summed E-state index contributed by atoms with van der Waals surface area (Å²) >= 11 is 4.44. The van der Waals surface area contributed by atoms with Crippen molar-refractivity contribution in [2.75, 3.05) is 13.4 Å². The molecule has 0 N–H and O–H groups in total. The van der Waals surface area contributed by atoms with E-state index in [1.54, 1.807) is 12.3 Å². The molecule has 0 aliphatic heterocycles. The molecule has 0 radical (unpaired) electrons. The van der Waals surface area contributed by atoms with Crippen LogP contribution in [0.1, 0.15) is 10.4 Å². The highest BCUT2D eigenvalue weighted by atomic mass is 79.9. The number of carbonyl (C=O) groups is 1. The summed E-state index contributed by atoms with van der Waals surface area (Å²) in [5.41, 5.74) is -0.0498. The maximum absolute atomic E-state index is 13.5. The SMILES string of the molecule is COC(=O)c1cc(Br)cc(SC)c1F. The highest BCUT2D eigenvalue weighted by molar-refractivity contribution is 9.10. The third-order valence-electron chi connectivity index (χ3n) is 1.63. The number of ether oxygens (including phenoxy) is 1. The van der Waals surface area contributed by atoms with Crippen molar-refractivity contribution in [1.29, 1.82) is 0 Å². The van der Waals surface area contributed by atoms with Crippen LogP contribution in [0.25, 0.3) is 0 Å². The second-order valence-electron chi connectivity index (χ2n) is 2.46. The first-order chi connectivity index (χ1) is 6.60. The molecule has 0 amide bonds. The van der Waals surface area contributed by atoms with Crippen LogP contribution in [0, 0.1) is 5.82 Å². The molecule has 1 aromatic carbocycles. The lowest BCUT2D eigenvalue weighted by atomic mass is 10.2. The van der Waals surface area contributed by atoms with Crippen LogP contribution in [-0.4, -0.2) is 19.3 Å². The molecular weight excluding hydrogens is 271 g/mol. The van der Waals surface area contributed by atoms with E-state index in [1.165, 1.54) is 24.9 Å². The molecule has 0 aliphatic rings. The second kappa shape index (κ2) is 4.79. The van der Waals surface area contributed by atoms with E-state index in [1.807, 2.05) is 0 Å². The van der Waals surface area contributed by atoms with Gasteiger partial charge in [-0.15, -0.1) is 11.8 Å². The van der Waals surface area contributed by atoms with Gasteiger partial charge in [-0.25, -0.2) is 9.18 Å². The first kappa shape index (κ1) is 11.5. The van der Waals surface area contributed by atoms with Crippen LogP contribution >= 0.6 is 27.7 Å². The van der Waals surface area contributed by atoms with E-state index in [0.717, 1.165) is 0 Å². The van der Waals surface area contributed by atoms with Crippen LogP contribution in [0.4, 0.5) is 4.39 Å². The number of hydrogen-bond acceptors (Lipinski definition) is 3. The van der Waals surface area contributed by atoms with E-state index in [0.29, 0.717) is 9.37 Å². The summed E-state index contributed by atoms with van der Waals surface area (Å²) in [6.07, 6.45) is 1.74. The van der Waals surface area contributed by atoms with Crippen LogP contribution < -0.4 is 0 Å². The largest absolute Gasteiger partial charge is 0.465 e. The Morgan fingerprint density at radius 1 is 1.57 bits per heavy atom. The van der Waals surface area contributed by atoms with E-state index >= 15 is 0 Å². The minimum atomic E-state index is -0.667. The molecule has 5 heteroatoms. The van der Waals surface area contributed by atoms with Crippen molar-refractivity contribution in [3.05, 3.63) is 28.0 Å². The zero-order chi connectivity index (χ0) is 10.7. The molecular formula is C9H8BrFO2S. The van der Waals surface area contributed by atoms with Gasteiger partial charge in [-0.1, -0.05) is 15.9 Å². The highest BCUT2D eigenvalue weighted by Crippen LogP contribution is 2.27. The van der Waals surface area contributed by atoms with Crippen molar-refractivity contribution < 1.29 is 13.9 Å². The fourth-order valence-electron chi connectivity index (χ4n) is 0.971. The number of halogens is 2. The van der Waals surface area contributed by atoms with E-state index in [2.05, 4.69) is 20.7 Å². The average Bonchev–Trinajstić information content (AvgIpc) is 2.19. The minimum absolute atomic E-state index is 0.0498. The van der Waals surface area contributed by atoms with Crippen LogP contribution in [-0.2, 0) is 4.74 Å². The fourth-order valence-corrected chi connectivity index (χ4v) is 2.11. The topological polar surface area (TPSA) is 26.3 Å². The third-order valence-corrected chi connectivity index (χ3v) is 2.82. The molecule has 0 atom stereocenters. The lowest BCUT2D eigenvalue weighted by molar-refractivity contribution is 0.0594. The number of methoxy groups -OCH3 is 1. The molecule has 1 aromatic rings. The molecule has 0 unspecified atom stereocenters. The standard InChI is InChI=1S/C9H8BrFO2S/c1-13-9(12)6-3-5(10)4-7(14-2)8(6)11/h3-4H,1-2H3. The van der Waals surface area contributed by atoms with Gasteiger partial charge in [0.2, 0.25) is 0 Å². The van der Waals surface area contributed by atoms with Crippen LogP contribution in [0.5, 0.6) is 0 Å². The second-order valence-corrected chi connectivity index (χ2v) is 4.22. The Morgan fingerprint density at radius 3 is 2.71 bits per heavy atom. The number of benzene rings is 1. The third kappa shape index (κ3) is 2.27. The summed E-state index contributed by atoms with van der Waals surface area (Å²) in [6, 6.07) is 3.02. The molecule has 0 bridgehead atoms. The number of esters is 1. The molecule has 0 saturated heterocycles. The Bertz CT molecular complexity index is 368. The molecule has 0 aliphatic carbocycles. The van der Waals surface area contributed by atoms with Crippen LogP contribution in [0.15, 0.2) is 21.5 Å². The minimum Gasteiger partial charge on any atom is -0.465 e. The zero-order valence-corrected chi connectivity index (χ0v) is 10.0. The summed E-state index contributed by atoms with van der Waals surface area (Å²) in [4.78, 5) is 11.6. The fraction of sp³-hybridized carbons (Fsp3) is 0.222. The predicted molar refractivity (Wildman–Crippen MR) is 57.2 cm³/mol. The Balaban J connectivity index is 3.29.